The zero-order chi connectivity index (χ0) is 29.0. The first-order valence-electron chi connectivity index (χ1n) is 12.5. The van der Waals surface area contributed by atoms with Crippen molar-refractivity contribution in [1.29, 1.82) is 5.26 Å². The number of ether oxygens (including phenoxy) is 1. The molecular weight excluding hydrogens is 551 g/mol. The van der Waals surface area contributed by atoms with E-state index in [4.69, 9.17) is 33.0 Å². The highest BCUT2D eigenvalue weighted by Crippen LogP contribution is 2.52. The summed E-state index contributed by atoms with van der Waals surface area (Å²) in [6.45, 7) is 3.67. The van der Waals surface area contributed by atoms with E-state index in [0.29, 0.717) is 6.61 Å². The summed E-state index contributed by atoms with van der Waals surface area (Å²) in [5.41, 5.74) is -2.34. The molecule has 1 saturated heterocycles. The molecule has 3 rings (SSSR count). The van der Waals surface area contributed by atoms with Crippen LogP contribution in [-0.2, 0) is 14.9 Å². The van der Waals surface area contributed by atoms with Crippen molar-refractivity contribution in [2.24, 2.45) is 5.41 Å². The third-order valence-corrected chi connectivity index (χ3v) is 7.72. The van der Waals surface area contributed by atoms with Gasteiger partial charge in [-0.05, 0) is 42.0 Å². The van der Waals surface area contributed by atoms with Gasteiger partial charge in [0.1, 0.15) is 17.0 Å². The van der Waals surface area contributed by atoms with E-state index in [-0.39, 0.29) is 40.6 Å². The van der Waals surface area contributed by atoms with Crippen LogP contribution >= 0.6 is 23.2 Å². The second kappa shape index (κ2) is 12.9. The Balaban J connectivity index is 2.25. The van der Waals surface area contributed by atoms with Gasteiger partial charge in [0.2, 0.25) is 5.91 Å². The summed E-state index contributed by atoms with van der Waals surface area (Å²) in [7, 11) is 1.54. The van der Waals surface area contributed by atoms with Crippen LogP contribution in [-0.4, -0.2) is 61.2 Å². The molecule has 5 atom stereocenters. The molecule has 1 aliphatic rings. The topological polar surface area (TPSA) is 115 Å². The number of hydrogen-bond donors (Lipinski definition) is 4. The molecule has 0 spiro atoms. The number of amides is 1. The average Bonchev–Trinajstić information content (AvgIpc) is 3.19. The molecule has 39 heavy (non-hydrogen) atoms. The lowest BCUT2D eigenvalue weighted by Gasteiger charge is -2.38. The fraction of sp³-hybridized carbons (Fsp3) is 0.500. The Morgan fingerprint density at radius 2 is 2.03 bits per heavy atom. The number of carbonyl (C=O) groups excluding carboxylic acids is 1. The van der Waals surface area contributed by atoms with Crippen LogP contribution in [0.25, 0.3) is 0 Å². The number of methoxy groups -OCH3 is 1. The standard InChI is InChI=1S/C28H33Cl2F2N3O4/c1-27(2,15-39-3)12-22-28(14-33,19-8-7-16(29)11-21(19)31)23(18-5-4-6-20(30)24(18)32)25(35-22)26(38)34-10-9-17(37)13-36/h4-8,11,17,22-23,25,35-37H,9-10,12-13,15H2,1-3H3,(H,34,38)/t17-,22?,23?,25?,28?/m0/s1. The zero-order valence-corrected chi connectivity index (χ0v) is 23.5. The zero-order valence-electron chi connectivity index (χ0n) is 22.0. The molecule has 1 heterocycles. The number of rotatable bonds is 11. The number of carbonyl (C=O) groups is 1. The maximum Gasteiger partial charge on any atom is 0.237 e. The van der Waals surface area contributed by atoms with E-state index in [1.54, 1.807) is 7.11 Å². The number of nitrogens with one attached hydrogen (secondary N) is 2. The normalized spacial score (nSPS) is 23.8. The molecule has 0 radical (unpaired) electrons. The lowest BCUT2D eigenvalue weighted by atomic mass is 9.62. The number of aliphatic hydroxyl groups excluding tert-OH is 2. The Hall–Kier alpha value is -2.32. The average molecular weight is 584 g/mol. The first kappa shape index (κ1) is 31.2. The van der Waals surface area contributed by atoms with Gasteiger partial charge in [-0.15, -0.1) is 0 Å². The van der Waals surface area contributed by atoms with Gasteiger partial charge in [0.05, 0.1) is 36.5 Å². The van der Waals surface area contributed by atoms with Gasteiger partial charge in [-0.3, -0.25) is 4.79 Å². The molecule has 0 aromatic heterocycles. The number of halogens is 4. The van der Waals surface area contributed by atoms with Crippen molar-refractivity contribution in [3.8, 4) is 6.07 Å². The summed E-state index contributed by atoms with van der Waals surface area (Å²) in [5, 5.41) is 35.5. The number of nitrogens with zero attached hydrogens (tertiary/aromatic N) is 1. The molecule has 0 bridgehead atoms. The van der Waals surface area contributed by atoms with Crippen LogP contribution in [0.2, 0.25) is 10.0 Å². The smallest absolute Gasteiger partial charge is 0.237 e. The molecule has 7 nitrogen and oxygen atoms in total. The van der Waals surface area contributed by atoms with Crippen LogP contribution in [0.1, 0.15) is 43.7 Å². The quantitative estimate of drug-likeness (QED) is 0.317. The second-order valence-electron chi connectivity index (χ2n) is 10.6. The SMILES string of the molecule is COCC(C)(C)CC1NC(C(=O)NCC[C@H](O)CO)C(c2cccc(Cl)c2F)C1(C#N)c1ccc(Cl)cc1F. The highest BCUT2D eigenvalue weighted by atomic mass is 35.5. The minimum absolute atomic E-state index is 0.0121. The molecule has 2 aromatic carbocycles. The fourth-order valence-corrected chi connectivity index (χ4v) is 5.85. The summed E-state index contributed by atoms with van der Waals surface area (Å²) in [4.78, 5) is 13.6. The first-order valence-corrected chi connectivity index (χ1v) is 13.3. The summed E-state index contributed by atoms with van der Waals surface area (Å²) in [6.07, 6.45) is -0.695. The summed E-state index contributed by atoms with van der Waals surface area (Å²) in [5.74, 6) is -3.36. The van der Waals surface area contributed by atoms with Crippen molar-refractivity contribution >= 4 is 29.1 Å². The molecule has 2 aromatic rings. The lowest BCUT2D eigenvalue weighted by Crippen LogP contribution is -2.46. The predicted molar refractivity (Wildman–Crippen MR) is 145 cm³/mol. The van der Waals surface area contributed by atoms with Gasteiger partial charge in [-0.1, -0.05) is 55.2 Å². The molecule has 1 aliphatic heterocycles. The van der Waals surface area contributed by atoms with Crippen molar-refractivity contribution in [3.05, 3.63) is 69.2 Å². The van der Waals surface area contributed by atoms with Gasteiger partial charge in [0.25, 0.3) is 0 Å². The molecule has 4 unspecified atom stereocenters. The molecule has 0 aliphatic carbocycles. The van der Waals surface area contributed by atoms with Crippen LogP contribution < -0.4 is 10.6 Å². The fourth-order valence-electron chi connectivity index (χ4n) is 5.51. The van der Waals surface area contributed by atoms with Crippen LogP contribution in [0.4, 0.5) is 8.78 Å². The van der Waals surface area contributed by atoms with Crippen molar-refractivity contribution in [2.75, 3.05) is 26.9 Å². The lowest BCUT2D eigenvalue weighted by molar-refractivity contribution is -0.123. The van der Waals surface area contributed by atoms with Crippen molar-refractivity contribution in [1.82, 2.24) is 10.6 Å². The third-order valence-electron chi connectivity index (χ3n) is 7.19. The minimum atomic E-state index is -1.77. The number of benzene rings is 2. The van der Waals surface area contributed by atoms with Gasteiger partial charge < -0.3 is 25.6 Å². The largest absolute Gasteiger partial charge is 0.394 e. The van der Waals surface area contributed by atoms with E-state index in [1.165, 1.54) is 30.3 Å². The minimum Gasteiger partial charge on any atom is -0.394 e. The van der Waals surface area contributed by atoms with Gasteiger partial charge in [0.15, 0.2) is 0 Å². The first-order chi connectivity index (χ1) is 18.4. The maximum absolute atomic E-state index is 15.7. The van der Waals surface area contributed by atoms with Gasteiger partial charge in [-0.25, -0.2) is 8.78 Å². The molecule has 0 saturated carbocycles. The van der Waals surface area contributed by atoms with Gasteiger partial charge in [0, 0.05) is 36.2 Å². The van der Waals surface area contributed by atoms with E-state index in [2.05, 4.69) is 16.7 Å². The number of hydrogen-bond acceptors (Lipinski definition) is 6. The second-order valence-corrected chi connectivity index (χ2v) is 11.5. The molecule has 1 amide bonds. The summed E-state index contributed by atoms with van der Waals surface area (Å²) < 4.78 is 36.7. The predicted octanol–water partition coefficient (Wildman–Crippen LogP) is 4.08. The molecule has 4 N–H and O–H groups in total. The van der Waals surface area contributed by atoms with Crippen molar-refractivity contribution in [2.45, 2.75) is 56.2 Å². The Morgan fingerprint density at radius 1 is 1.31 bits per heavy atom. The van der Waals surface area contributed by atoms with Gasteiger partial charge >= 0.3 is 0 Å². The Morgan fingerprint density at radius 3 is 2.64 bits per heavy atom. The number of aliphatic hydroxyl groups is 2. The van der Waals surface area contributed by atoms with E-state index in [9.17, 15) is 15.2 Å². The van der Waals surface area contributed by atoms with Crippen LogP contribution in [0, 0.1) is 28.4 Å². The van der Waals surface area contributed by atoms with Crippen LogP contribution in [0.3, 0.4) is 0 Å². The molecule has 1 fully saturated rings. The molecule has 11 heteroatoms. The Bertz CT molecular complexity index is 1230. The van der Waals surface area contributed by atoms with Crippen LogP contribution in [0.15, 0.2) is 36.4 Å². The summed E-state index contributed by atoms with van der Waals surface area (Å²) in [6, 6.07) is 8.50. The van der Waals surface area contributed by atoms with Gasteiger partial charge in [-0.2, -0.15) is 5.26 Å². The van der Waals surface area contributed by atoms with E-state index < -0.39 is 59.1 Å². The monoisotopic (exact) mass is 583 g/mol. The van der Waals surface area contributed by atoms with Crippen LogP contribution in [0.5, 0.6) is 0 Å². The van der Waals surface area contributed by atoms with E-state index in [0.717, 1.165) is 6.07 Å². The van der Waals surface area contributed by atoms with Crippen molar-refractivity contribution < 1.29 is 28.5 Å². The molecular formula is C28H33Cl2F2N3O4. The highest BCUT2D eigenvalue weighted by Gasteiger charge is 2.61. The third kappa shape index (κ3) is 6.54. The highest BCUT2D eigenvalue weighted by molar-refractivity contribution is 6.31. The molecule has 212 valence electrons. The summed E-state index contributed by atoms with van der Waals surface area (Å²) >= 11 is 12.2. The number of nitriles is 1. The van der Waals surface area contributed by atoms with E-state index in [1.807, 2.05) is 13.8 Å². The Labute approximate surface area is 237 Å². The van der Waals surface area contributed by atoms with Crippen molar-refractivity contribution in [3.63, 3.8) is 0 Å². The Kier molecular flexibility index (Phi) is 10.3. The van der Waals surface area contributed by atoms with E-state index >= 15 is 8.78 Å². The maximum atomic E-state index is 15.7.